The maximum absolute atomic E-state index is 12.8. The Morgan fingerprint density at radius 1 is 1.55 bits per heavy atom. The predicted octanol–water partition coefficient (Wildman–Crippen LogP) is 2.65. The van der Waals surface area contributed by atoms with Gasteiger partial charge in [-0.15, -0.1) is 6.58 Å². The molecule has 0 aromatic carbocycles. The number of hydrogen-bond donors (Lipinski definition) is 1. The minimum absolute atomic E-state index is 0.253. The van der Waals surface area contributed by atoms with Gasteiger partial charge in [0, 0.05) is 19.0 Å². The summed E-state index contributed by atoms with van der Waals surface area (Å²) in [6.45, 7) is 7.30. The lowest BCUT2D eigenvalue weighted by Gasteiger charge is -2.26. The second-order valence-corrected chi connectivity index (χ2v) is 6.79. The van der Waals surface area contributed by atoms with Crippen LogP contribution in [0.2, 0.25) is 0 Å². The highest BCUT2D eigenvalue weighted by Gasteiger charge is 2.58. The van der Waals surface area contributed by atoms with Crippen molar-refractivity contribution in [1.29, 1.82) is 0 Å². The number of piperidine rings is 1. The average Bonchev–Trinajstić information content (AvgIpc) is 2.91. The van der Waals surface area contributed by atoms with Gasteiger partial charge in [0.15, 0.2) is 0 Å². The van der Waals surface area contributed by atoms with E-state index in [1.807, 2.05) is 11.0 Å². The SMILES string of the molecule is C=CCN(Cc1ccsc1)C(=O)C1CC12CCNCC2. The second-order valence-electron chi connectivity index (χ2n) is 6.01. The zero-order valence-corrected chi connectivity index (χ0v) is 12.6. The molecule has 1 aliphatic heterocycles. The smallest absolute Gasteiger partial charge is 0.226 e. The van der Waals surface area contributed by atoms with Gasteiger partial charge in [0.25, 0.3) is 0 Å². The maximum Gasteiger partial charge on any atom is 0.226 e. The lowest BCUT2D eigenvalue weighted by Crippen LogP contribution is -2.36. The summed E-state index contributed by atoms with van der Waals surface area (Å²) in [5.74, 6) is 0.584. The molecule has 1 aromatic rings. The van der Waals surface area contributed by atoms with Crippen LogP contribution < -0.4 is 5.32 Å². The number of amides is 1. The van der Waals surface area contributed by atoms with Crippen LogP contribution in [0.15, 0.2) is 29.5 Å². The fourth-order valence-corrected chi connectivity index (χ4v) is 4.05. The molecule has 1 aliphatic carbocycles. The van der Waals surface area contributed by atoms with Crippen molar-refractivity contribution in [1.82, 2.24) is 10.2 Å². The van der Waals surface area contributed by atoms with Crippen molar-refractivity contribution in [3.8, 4) is 0 Å². The molecule has 0 bridgehead atoms. The van der Waals surface area contributed by atoms with Crippen LogP contribution in [0, 0.1) is 11.3 Å². The van der Waals surface area contributed by atoms with Crippen LogP contribution in [-0.2, 0) is 11.3 Å². The van der Waals surface area contributed by atoms with Gasteiger partial charge in [-0.1, -0.05) is 6.08 Å². The summed E-state index contributed by atoms with van der Waals surface area (Å²) in [4.78, 5) is 14.7. The molecule has 108 valence electrons. The van der Waals surface area contributed by atoms with E-state index in [2.05, 4.69) is 28.7 Å². The fraction of sp³-hybridized carbons (Fsp3) is 0.562. The molecule has 1 atom stereocenters. The monoisotopic (exact) mass is 290 g/mol. The number of thiophene rings is 1. The minimum atomic E-state index is 0.253. The highest BCUT2D eigenvalue weighted by molar-refractivity contribution is 7.07. The van der Waals surface area contributed by atoms with Gasteiger partial charge in [0.05, 0.1) is 0 Å². The summed E-state index contributed by atoms with van der Waals surface area (Å²) < 4.78 is 0. The van der Waals surface area contributed by atoms with Gasteiger partial charge < -0.3 is 10.2 Å². The van der Waals surface area contributed by atoms with Gasteiger partial charge in [-0.2, -0.15) is 11.3 Å². The lowest BCUT2D eigenvalue weighted by molar-refractivity contribution is -0.133. The van der Waals surface area contributed by atoms with Crippen LogP contribution in [0.5, 0.6) is 0 Å². The number of carbonyl (C=O) groups excluding carboxylic acids is 1. The molecule has 1 unspecified atom stereocenters. The third kappa shape index (κ3) is 2.67. The minimum Gasteiger partial charge on any atom is -0.334 e. The largest absolute Gasteiger partial charge is 0.334 e. The summed E-state index contributed by atoms with van der Waals surface area (Å²) in [6, 6.07) is 2.10. The van der Waals surface area contributed by atoms with E-state index in [9.17, 15) is 4.79 Å². The quantitative estimate of drug-likeness (QED) is 0.846. The molecule has 3 nitrogen and oxygen atoms in total. The Labute approximate surface area is 124 Å². The van der Waals surface area contributed by atoms with Crippen molar-refractivity contribution >= 4 is 17.2 Å². The Morgan fingerprint density at radius 2 is 2.35 bits per heavy atom. The molecule has 2 fully saturated rings. The molecule has 1 saturated carbocycles. The Bertz CT molecular complexity index is 477. The van der Waals surface area contributed by atoms with Gasteiger partial charge in [-0.3, -0.25) is 4.79 Å². The molecule has 1 spiro atoms. The molecule has 2 aliphatic rings. The van der Waals surface area contributed by atoms with Gasteiger partial charge >= 0.3 is 0 Å². The predicted molar refractivity (Wildman–Crippen MR) is 82.6 cm³/mol. The van der Waals surface area contributed by atoms with Crippen molar-refractivity contribution in [2.75, 3.05) is 19.6 Å². The Morgan fingerprint density at radius 3 is 3.00 bits per heavy atom. The van der Waals surface area contributed by atoms with Gasteiger partial charge in [0.1, 0.15) is 0 Å². The molecule has 2 heterocycles. The molecule has 1 N–H and O–H groups in total. The summed E-state index contributed by atoms with van der Waals surface area (Å²) >= 11 is 1.68. The number of carbonyl (C=O) groups is 1. The molecule has 4 heteroatoms. The first-order chi connectivity index (χ1) is 9.75. The van der Waals surface area contributed by atoms with Gasteiger partial charge in [0.2, 0.25) is 5.91 Å². The number of rotatable bonds is 5. The third-order valence-corrected chi connectivity index (χ3v) is 5.43. The van der Waals surface area contributed by atoms with Crippen molar-refractivity contribution in [3.63, 3.8) is 0 Å². The highest BCUT2D eigenvalue weighted by atomic mass is 32.1. The first kappa shape index (κ1) is 13.8. The van der Waals surface area contributed by atoms with Crippen molar-refractivity contribution in [2.45, 2.75) is 25.8 Å². The average molecular weight is 290 g/mol. The first-order valence-corrected chi connectivity index (χ1v) is 8.31. The highest BCUT2D eigenvalue weighted by Crippen LogP contribution is 2.59. The molecule has 1 amide bonds. The summed E-state index contributed by atoms with van der Waals surface area (Å²) in [6.07, 6.45) is 5.24. The topological polar surface area (TPSA) is 32.3 Å². The Kier molecular flexibility index (Phi) is 3.94. The summed E-state index contributed by atoms with van der Waals surface area (Å²) in [5.41, 5.74) is 1.54. The summed E-state index contributed by atoms with van der Waals surface area (Å²) in [7, 11) is 0. The van der Waals surface area contributed by atoms with E-state index in [1.165, 1.54) is 5.56 Å². The van der Waals surface area contributed by atoms with E-state index >= 15 is 0 Å². The van der Waals surface area contributed by atoms with Gasteiger partial charge in [-0.25, -0.2) is 0 Å². The molecular weight excluding hydrogens is 268 g/mol. The number of nitrogens with one attached hydrogen (secondary N) is 1. The zero-order valence-electron chi connectivity index (χ0n) is 11.8. The number of hydrogen-bond acceptors (Lipinski definition) is 3. The van der Waals surface area contributed by atoms with E-state index in [1.54, 1.807) is 11.3 Å². The van der Waals surface area contributed by atoms with E-state index in [0.717, 1.165) is 38.9 Å². The molecule has 3 rings (SSSR count). The van der Waals surface area contributed by atoms with E-state index in [4.69, 9.17) is 0 Å². The van der Waals surface area contributed by atoms with Gasteiger partial charge in [-0.05, 0) is 60.2 Å². The molecule has 1 aromatic heterocycles. The molecule has 20 heavy (non-hydrogen) atoms. The van der Waals surface area contributed by atoms with Crippen molar-refractivity contribution < 1.29 is 4.79 Å². The third-order valence-electron chi connectivity index (χ3n) is 4.70. The maximum atomic E-state index is 12.8. The molecule has 0 radical (unpaired) electrons. The second kappa shape index (κ2) is 5.70. The van der Waals surface area contributed by atoms with E-state index in [0.29, 0.717) is 17.9 Å². The normalized spacial score (nSPS) is 23.5. The fourth-order valence-electron chi connectivity index (χ4n) is 3.39. The Hall–Kier alpha value is -1.13. The standard InChI is InChI=1S/C16H22N2OS/c1-2-8-18(11-13-3-9-20-12-13)15(19)14-10-16(14)4-6-17-7-5-16/h2-3,9,12,14,17H,1,4-8,10-11H2. The van der Waals surface area contributed by atoms with Crippen LogP contribution >= 0.6 is 11.3 Å². The summed E-state index contributed by atoms with van der Waals surface area (Å²) in [5, 5.41) is 7.58. The van der Waals surface area contributed by atoms with Crippen molar-refractivity contribution in [2.24, 2.45) is 11.3 Å². The van der Waals surface area contributed by atoms with Crippen molar-refractivity contribution in [3.05, 3.63) is 35.0 Å². The molecule has 1 saturated heterocycles. The van der Waals surface area contributed by atoms with E-state index in [-0.39, 0.29) is 5.92 Å². The van der Waals surface area contributed by atoms with Crippen LogP contribution in [0.25, 0.3) is 0 Å². The number of nitrogens with zero attached hydrogens (tertiary/aromatic N) is 1. The molecular formula is C16H22N2OS. The van der Waals surface area contributed by atoms with Crippen LogP contribution in [0.3, 0.4) is 0 Å². The van der Waals surface area contributed by atoms with E-state index < -0.39 is 0 Å². The van der Waals surface area contributed by atoms with Crippen LogP contribution in [0.1, 0.15) is 24.8 Å². The first-order valence-electron chi connectivity index (χ1n) is 7.37. The zero-order chi connectivity index (χ0) is 14.0. The lowest BCUT2D eigenvalue weighted by atomic mass is 9.91. The van der Waals surface area contributed by atoms with Crippen LogP contribution in [-0.4, -0.2) is 30.4 Å². The van der Waals surface area contributed by atoms with Crippen LogP contribution in [0.4, 0.5) is 0 Å². The Balaban J connectivity index is 1.65.